The van der Waals surface area contributed by atoms with Gasteiger partial charge in [0.1, 0.15) is 6.10 Å². The van der Waals surface area contributed by atoms with Crippen molar-refractivity contribution in [2.45, 2.75) is 116 Å². The normalized spacial score (nSPS) is 14.5. The fourth-order valence-electron chi connectivity index (χ4n) is 3.70. The molecular formula is C26H56NO6P. The van der Waals surface area contributed by atoms with Gasteiger partial charge in [0.25, 0.3) is 0 Å². The number of unbranched alkanes of at least 4 members (excludes halogenated alkanes) is 15. The molecule has 0 aliphatic heterocycles. The molecule has 7 nitrogen and oxygen atoms in total. The van der Waals surface area contributed by atoms with Gasteiger partial charge in [0, 0.05) is 20.3 Å². The van der Waals surface area contributed by atoms with Gasteiger partial charge in [-0.1, -0.05) is 103 Å². The third kappa shape index (κ3) is 25.1. The average molecular weight is 510 g/mol. The molecule has 206 valence electrons. The molecule has 1 N–H and O–H groups in total. The molecule has 0 aromatic heterocycles. The van der Waals surface area contributed by atoms with Gasteiger partial charge >= 0.3 is 7.82 Å². The second kappa shape index (κ2) is 24.7. The standard InChI is InChI=1S/C26H56NO6P/c1-5-6-7-8-9-10-11-12-13-14-15-16-17-18-19-20-22-31-24-26(30-4)25-33-34(28,29)32-23-21-27(2)3/h26H,5-25H2,1-4H3,(H,28,29)/t26-/m0/s1. The van der Waals surface area contributed by atoms with Gasteiger partial charge in [-0.2, -0.15) is 0 Å². The zero-order valence-corrected chi connectivity index (χ0v) is 23.7. The predicted octanol–water partition coefficient (Wildman–Crippen LogP) is 6.97. The molecule has 0 aromatic rings. The van der Waals surface area contributed by atoms with Gasteiger partial charge in [0.05, 0.1) is 19.8 Å². The van der Waals surface area contributed by atoms with Crippen molar-refractivity contribution in [3.63, 3.8) is 0 Å². The molecule has 0 saturated heterocycles. The van der Waals surface area contributed by atoms with E-state index in [1.807, 2.05) is 19.0 Å². The molecule has 0 rings (SSSR count). The SMILES string of the molecule is CCCCCCCCCCCCCCCCCCOC[C@@H](COP(=O)(O)OCCN(C)C)OC. The molecule has 0 aliphatic carbocycles. The molecule has 1 unspecified atom stereocenters. The third-order valence-corrected chi connectivity index (χ3v) is 6.98. The summed E-state index contributed by atoms with van der Waals surface area (Å²) in [6.07, 6.45) is 21.2. The van der Waals surface area contributed by atoms with E-state index in [2.05, 4.69) is 6.92 Å². The van der Waals surface area contributed by atoms with Crippen LogP contribution in [-0.4, -0.2) is 70.1 Å². The van der Waals surface area contributed by atoms with Crippen molar-refractivity contribution in [2.75, 3.05) is 54.2 Å². The fraction of sp³-hybridized carbons (Fsp3) is 1.00. The number of phosphoric acid groups is 1. The summed E-state index contributed by atoms with van der Waals surface area (Å²) >= 11 is 0. The second-order valence-corrected chi connectivity index (χ2v) is 11.1. The van der Waals surface area contributed by atoms with Crippen molar-refractivity contribution < 1.29 is 28.0 Å². The molecule has 2 atom stereocenters. The van der Waals surface area contributed by atoms with Crippen LogP contribution < -0.4 is 0 Å². The van der Waals surface area contributed by atoms with Crippen LogP contribution in [0.5, 0.6) is 0 Å². The topological polar surface area (TPSA) is 77.5 Å². The molecule has 0 aromatic carbocycles. The quantitative estimate of drug-likeness (QED) is 0.0946. The van der Waals surface area contributed by atoms with Gasteiger partial charge in [-0.15, -0.1) is 0 Å². The Morgan fingerprint density at radius 3 is 1.62 bits per heavy atom. The van der Waals surface area contributed by atoms with E-state index < -0.39 is 7.82 Å². The fourth-order valence-corrected chi connectivity index (χ4v) is 4.45. The van der Waals surface area contributed by atoms with Gasteiger partial charge < -0.3 is 19.3 Å². The van der Waals surface area contributed by atoms with Crippen LogP contribution in [0.3, 0.4) is 0 Å². The molecule has 0 spiro atoms. The van der Waals surface area contributed by atoms with E-state index in [0.717, 1.165) is 6.42 Å². The van der Waals surface area contributed by atoms with Gasteiger partial charge in [0.15, 0.2) is 0 Å². The van der Waals surface area contributed by atoms with Crippen molar-refractivity contribution in [3.8, 4) is 0 Å². The Bertz CT molecular complexity index is 467. The first kappa shape index (κ1) is 34.0. The van der Waals surface area contributed by atoms with E-state index in [0.29, 0.717) is 19.8 Å². The Kier molecular flexibility index (Phi) is 24.7. The molecule has 0 amide bonds. The van der Waals surface area contributed by atoms with Crippen LogP contribution >= 0.6 is 7.82 Å². The zero-order chi connectivity index (χ0) is 25.3. The second-order valence-electron chi connectivity index (χ2n) is 9.64. The van der Waals surface area contributed by atoms with E-state index in [9.17, 15) is 9.46 Å². The van der Waals surface area contributed by atoms with Gasteiger partial charge in [-0.05, 0) is 20.5 Å². The summed E-state index contributed by atoms with van der Waals surface area (Å²) in [4.78, 5) is 11.6. The highest BCUT2D eigenvalue weighted by Crippen LogP contribution is 2.43. The van der Waals surface area contributed by atoms with Crippen molar-refractivity contribution >= 4 is 7.82 Å². The summed E-state index contributed by atoms with van der Waals surface area (Å²) in [6.45, 7) is 3.93. The number of rotatable bonds is 27. The smallest absolute Gasteiger partial charge is 0.379 e. The minimum Gasteiger partial charge on any atom is -0.379 e. The van der Waals surface area contributed by atoms with Crippen molar-refractivity contribution in [1.29, 1.82) is 0 Å². The maximum atomic E-state index is 11.9. The first-order valence-electron chi connectivity index (χ1n) is 13.8. The lowest BCUT2D eigenvalue weighted by molar-refractivity contribution is -0.0222. The van der Waals surface area contributed by atoms with Crippen LogP contribution in [0.2, 0.25) is 0 Å². The van der Waals surface area contributed by atoms with Crippen LogP contribution in [0.1, 0.15) is 110 Å². The molecule has 0 fully saturated rings. The lowest BCUT2D eigenvalue weighted by Crippen LogP contribution is -2.24. The first-order valence-corrected chi connectivity index (χ1v) is 15.3. The van der Waals surface area contributed by atoms with E-state index in [-0.39, 0.29) is 19.3 Å². The lowest BCUT2D eigenvalue weighted by Gasteiger charge is -2.18. The average Bonchev–Trinajstić information content (AvgIpc) is 2.79. The summed E-state index contributed by atoms with van der Waals surface area (Å²) in [6, 6.07) is 0. The number of likely N-dealkylation sites (N-methyl/N-ethyl adjacent to an activating group) is 1. The van der Waals surface area contributed by atoms with Crippen LogP contribution in [0, 0.1) is 0 Å². The summed E-state index contributed by atoms with van der Waals surface area (Å²) in [5.74, 6) is 0. The maximum absolute atomic E-state index is 11.9. The highest BCUT2D eigenvalue weighted by molar-refractivity contribution is 7.47. The largest absolute Gasteiger partial charge is 0.472 e. The van der Waals surface area contributed by atoms with E-state index in [1.165, 1.54) is 96.3 Å². The summed E-state index contributed by atoms with van der Waals surface area (Å²) in [5, 5.41) is 0. The molecule has 8 heteroatoms. The Balaban J connectivity index is 3.43. The zero-order valence-electron chi connectivity index (χ0n) is 22.8. The molecule has 0 radical (unpaired) electrons. The summed E-state index contributed by atoms with van der Waals surface area (Å²) in [7, 11) is 1.22. The van der Waals surface area contributed by atoms with Crippen molar-refractivity contribution in [1.82, 2.24) is 4.90 Å². The Labute approximate surface area is 210 Å². The van der Waals surface area contributed by atoms with Gasteiger partial charge in [0.2, 0.25) is 0 Å². The summed E-state index contributed by atoms with van der Waals surface area (Å²) < 4.78 is 32.7. The predicted molar refractivity (Wildman–Crippen MR) is 141 cm³/mol. The molecular weight excluding hydrogens is 453 g/mol. The number of phosphoric ester groups is 1. The van der Waals surface area contributed by atoms with E-state index >= 15 is 0 Å². The number of nitrogens with zero attached hydrogens (tertiary/aromatic N) is 1. The molecule has 0 saturated carbocycles. The van der Waals surface area contributed by atoms with E-state index in [4.69, 9.17) is 18.5 Å². The minimum atomic E-state index is -4.06. The maximum Gasteiger partial charge on any atom is 0.472 e. The first-order chi connectivity index (χ1) is 16.4. The molecule has 0 heterocycles. The highest BCUT2D eigenvalue weighted by atomic mass is 31.2. The minimum absolute atomic E-state index is 0.0365. The van der Waals surface area contributed by atoms with Crippen LogP contribution in [-0.2, 0) is 23.1 Å². The number of ether oxygens (including phenoxy) is 2. The molecule has 0 bridgehead atoms. The number of hydrogen-bond acceptors (Lipinski definition) is 6. The number of hydrogen-bond donors (Lipinski definition) is 1. The Hall–Kier alpha value is -0.0100. The van der Waals surface area contributed by atoms with Crippen LogP contribution in [0.4, 0.5) is 0 Å². The van der Waals surface area contributed by atoms with Crippen LogP contribution in [0.15, 0.2) is 0 Å². The monoisotopic (exact) mass is 509 g/mol. The van der Waals surface area contributed by atoms with E-state index in [1.54, 1.807) is 7.11 Å². The van der Waals surface area contributed by atoms with Crippen molar-refractivity contribution in [3.05, 3.63) is 0 Å². The molecule has 0 aliphatic rings. The van der Waals surface area contributed by atoms with Gasteiger partial charge in [-0.3, -0.25) is 9.05 Å². The third-order valence-electron chi connectivity index (χ3n) is 6.00. The molecule has 34 heavy (non-hydrogen) atoms. The van der Waals surface area contributed by atoms with Gasteiger partial charge in [-0.25, -0.2) is 4.57 Å². The van der Waals surface area contributed by atoms with Crippen LogP contribution in [0.25, 0.3) is 0 Å². The summed E-state index contributed by atoms with van der Waals surface area (Å²) in [5.41, 5.74) is 0. The highest BCUT2D eigenvalue weighted by Gasteiger charge is 2.23. The Morgan fingerprint density at radius 2 is 1.18 bits per heavy atom. The van der Waals surface area contributed by atoms with Crippen molar-refractivity contribution in [2.24, 2.45) is 0 Å². The number of methoxy groups -OCH3 is 1. The Morgan fingerprint density at radius 1 is 0.706 bits per heavy atom. The lowest BCUT2D eigenvalue weighted by atomic mass is 10.0.